The fraction of sp³-hybridized carbons (Fsp3) is 1.00. The fourth-order valence-corrected chi connectivity index (χ4v) is 3.14. The molecule has 14 heavy (non-hydrogen) atoms. The van der Waals surface area contributed by atoms with Gasteiger partial charge in [0.1, 0.15) is 0 Å². The van der Waals surface area contributed by atoms with Gasteiger partial charge in [-0.15, -0.1) is 0 Å². The van der Waals surface area contributed by atoms with Gasteiger partial charge in [0.25, 0.3) is 10.2 Å². The number of nitrogens with one attached hydrogen (secondary N) is 2. The minimum atomic E-state index is -3.54. The van der Waals surface area contributed by atoms with Crippen LogP contribution in [0.3, 0.4) is 0 Å². The van der Waals surface area contributed by atoms with Gasteiger partial charge < -0.3 is 5.32 Å². The van der Waals surface area contributed by atoms with Crippen LogP contribution >= 0.6 is 0 Å². The van der Waals surface area contributed by atoms with Crippen LogP contribution in [0.5, 0.6) is 0 Å². The topological polar surface area (TPSA) is 84.2 Å². The molecule has 4 N–H and O–H groups in total. The summed E-state index contributed by atoms with van der Waals surface area (Å²) in [6, 6.07) is 0.0200. The van der Waals surface area contributed by atoms with E-state index in [9.17, 15) is 8.42 Å². The van der Waals surface area contributed by atoms with E-state index in [1.807, 2.05) is 0 Å². The average molecular weight is 219 g/mol. The third-order valence-corrected chi connectivity index (χ3v) is 3.93. The summed E-state index contributed by atoms with van der Waals surface area (Å²) < 4.78 is 24.2. The molecule has 1 saturated carbocycles. The van der Waals surface area contributed by atoms with Gasteiger partial charge in [0.2, 0.25) is 0 Å². The van der Waals surface area contributed by atoms with Gasteiger partial charge in [-0.25, -0.2) is 5.14 Å². The van der Waals surface area contributed by atoms with E-state index in [2.05, 4.69) is 10.0 Å². The van der Waals surface area contributed by atoms with Gasteiger partial charge in [-0.2, -0.15) is 13.1 Å². The molecule has 1 aliphatic heterocycles. The Bertz CT molecular complexity index is 311. The third kappa shape index (κ3) is 2.25. The lowest BCUT2D eigenvalue weighted by molar-refractivity contribution is 0.126. The second kappa shape index (κ2) is 3.44. The molecular formula is C8H17N3O2S. The molecular weight excluding hydrogens is 202 g/mol. The Labute approximate surface area is 84.6 Å². The largest absolute Gasteiger partial charge is 0.311 e. The van der Waals surface area contributed by atoms with Gasteiger partial charge >= 0.3 is 0 Å². The zero-order valence-corrected chi connectivity index (χ0v) is 8.94. The summed E-state index contributed by atoms with van der Waals surface area (Å²) >= 11 is 0. The smallest absolute Gasteiger partial charge is 0.274 e. The molecule has 82 valence electrons. The van der Waals surface area contributed by atoms with Crippen molar-refractivity contribution in [2.45, 2.75) is 43.7 Å². The first-order valence-electron chi connectivity index (χ1n) is 5.04. The maximum atomic E-state index is 10.9. The summed E-state index contributed by atoms with van der Waals surface area (Å²) in [7, 11) is -3.54. The molecule has 1 atom stereocenters. The van der Waals surface area contributed by atoms with Crippen LogP contribution in [0.25, 0.3) is 0 Å². The van der Waals surface area contributed by atoms with E-state index < -0.39 is 10.2 Å². The molecule has 1 aliphatic carbocycles. The Morgan fingerprint density at radius 2 is 2.14 bits per heavy atom. The summed E-state index contributed by atoms with van der Waals surface area (Å²) in [6.07, 6.45) is 5.28. The van der Waals surface area contributed by atoms with Gasteiger partial charge in [0.05, 0.1) is 0 Å². The predicted molar refractivity (Wildman–Crippen MR) is 53.8 cm³/mol. The van der Waals surface area contributed by atoms with Crippen LogP contribution in [0.15, 0.2) is 0 Å². The lowest BCUT2D eigenvalue weighted by Crippen LogP contribution is -2.60. The van der Waals surface area contributed by atoms with Crippen molar-refractivity contribution in [3.8, 4) is 0 Å². The molecule has 0 aromatic carbocycles. The van der Waals surface area contributed by atoms with Crippen molar-refractivity contribution >= 4 is 10.2 Å². The zero-order valence-electron chi connectivity index (χ0n) is 8.12. The first kappa shape index (κ1) is 10.4. The highest BCUT2D eigenvalue weighted by Crippen LogP contribution is 2.38. The molecule has 0 radical (unpaired) electrons. The number of rotatable bonds is 2. The second-order valence-electron chi connectivity index (χ2n) is 4.41. The van der Waals surface area contributed by atoms with Crippen molar-refractivity contribution in [1.29, 1.82) is 0 Å². The van der Waals surface area contributed by atoms with Crippen LogP contribution in [-0.4, -0.2) is 26.5 Å². The minimum Gasteiger partial charge on any atom is -0.311 e. The number of nitrogens with two attached hydrogens (primary N) is 1. The highest BCUT2D eigenvalue weighted by molar-refractivity contribution is 7.87. The summed E-state index contributed by atoms with van der Waals surface area (Å²) in [5.74, 6) is 0. The molecule has 2 aliphatic rings. The van der Waals surface area contributed by atoms with Gasteiger partial charge in [-0.1, -0.05) is 0 Å². The molecule has 0 aromatic heterocycles. The monoisotopic (exact) mass is 219 g/mol. The number of piperidine rings is 1. The lowest BCUT2D eigenvalue weighted by Gasteiger charge is -2.48. The van der Waals surface area contributed by atoms with Crippen LogP contribution in [0, 0.1) is 0 Å². The van der Waals surface area contributed by atoms with E-state index in [1.54, 1.807) is 0 Å². The van der Waals surface area contributed by atoms with Crippen molar-refractivity contribution < 1.29 is 8.42 Å². The Hall–Kier alpha value is -0.170. The van der Waals surface area contributed by atoms with Crippen LogP contribution in [0.2, 0.25) is 0 Å². The SMILES string of the molecule is NS(=O)(=O)NC1CCNC2(CCC2)C1. The van der Waals surface area contributed by atoms with Gasteiger partial charge in [0.15, 0.2) is 0 Å². The normalized spacial score (nSPS) is 31.4. The zero-order chi connectivity index (χ0) is 10.2. The highest BCUT2D eigenvalue weighted by Gasteiger charge is 2.41. The molecule has 1 saturated heterocycles. The van der Waals surface area contributed by atoms with E-state index in [0.29, 0.717) is 0 Å². The summed E-state index contributed by atoms with van der Waals surface area (Å²) in [5, 5.41) is 8.43. The van der Waals surface area contributed by atoms with E-state index in [4.69, 9.17) is 5.14 Å². The van der Waals surface area contributed by atoms with E-state index in [0.717, 1.165) is 32.2 Å². The highest BCUT2D eigenvalue weighted by atomic mass is 32.2. The third-order valence-electron chi connectivity index (χ3n) is 3.27. The van der Waals surface area contributed by atoms with E-state index in [-0.39, 0.29) is 11.6 Å². The summed E-state index contributed by atoms with van der Waals surface area (Å²) in [6.45, 7) is 0.882. The Morgan fingerprint density at radius 3 is 2.64 bits per heavy atom. The average Bonchev–Trinajstić information content (AvgIpc) is 1.99. The Morgan fingerprint density at radius 1 is 1.43 bits per heavy atom. The van der Waals surface area contributed by atoms with E-state index in [1.165, 1.54) is 6.42 Å². The molecule has 0 amide bonds. The lowest BCUT2D eigenvalue weighted by atomic mass is 9.70. The predicted octanol–water partition coefficient (Wildman–Crippen LogP) is -0.546. The number of hydrogen-bond donors (Lipinski definition) is 3. The van der Waals surface area contributed by atoms with Crippen LogP contribution in [-0.2, 0) is 10.2 Å². The standard InChI is InChI=1S/C8H17N3O2S/c9-14(12,13)11-7-2-5-10-8(6-7)3-1-4-8/h7,10-11H,1-6H2,(H2,9,12,13). The molecule has 6 heteroatoms. The first-order valence-corrected chi connectivity index (χ1v) is 6.59. The van der Waals surface area contributed by atoms with Gasteiger partial charge in [-0.05, 0) is 38.6 Å². The minimum absolute atomic E-state index is 0.0200. The van der Waals surface area contributed by atoms with Crippen LogP contribution < -0.4 is 15.2 Å². The molecule has 1 spiro atoms. The molecule has 2 rings (SSSR count). The molecule has 2 fully saturated rings. The Balaban J connectivity index is 1.94. The quantitative estimate of drug-likeness (QED) is 0.583. The first-order chi connectivity index (χ1) is 6.49. The second-order valence-corrected chi connectivity index (χ2v) is 5.74. The maximum absolute atomic E-state index is 10.9. The van der Waals surface area contributed by atoms with Crippen LogP contribution in [0.4, 0.5) is 0 Å². The van der Waals surface area contributed by atoms with E-state index >= 15 is 0 Å². The summed E-state index contributed by atoms with van der Waals surface area (Å²) in [5.41, 5.74) is 0.209. The van der Waals surface area contributed by atoms with Crippen molar-refractivity contribution in [3.63, 3.8) is 0 Å². The number of hydrogen-bond acceptors (Lipinski definition) is 3. The molecule has 0 bridgehead atoms. The molecule has 0 aromatic rings. The molecule has 1 unspecified atom stereocenters. The van der Waals surface area contributed by atoms with Crippen molar-refractivity contribution in [2.24, 2.45) is 5.14 Å². The maximum Gasteiger partial charge on any atom is 0.274 e. The van der Waals surface area contributed by atoms with Crippen molar-refractivity contribution in [1.82, 2.24) is 10.0 Å². The Kier molecular flexibility index (Phi) is 2.55. The van der Waals surface area contributed by atoms with Crippen LogP contribution in [0.1, 0.15) is 32.1 Å². The van der Waals surface area contributed by atoms with Gasteiger partial charge in [-0.3, -0.25) is 0 Å². The molecule has 1 heterocycles. The molecule has 5 nitrogen and oxygen atoms in total. The van der Waals surface area contributed by atoms with Gasteiger partial charge in [0, 0.05) is 11.6 Å². The van der Waals surface area contributed by atoms with Crippen molar-refractivity contribution in [2.75, 3.05) is 6.54 Å². The summed E-state index contributed by atoms with van der Waals surface area (Å²) in [4.78, 5) is 0. The van der Waals surface area contributed by atoms with Crippen molar-refractivity contribution in [3.05, 3.63) is 0 Å². The fourth-order valence-electron chi connectivity index (χ4n) is 2.47.